The maximum atomic E-state index is 12.3. The van der Waals surface area contributed by atoms with Gasteiger partial charge in [0.05, 0.1) is 23.9 Å². The summed E-state index contributed by atoms with van der Waals surface area (Å²) in [5, 5.41) is 15.3. The monoisotopic (exact) mass is 341 g/mol. The van der Waals surface area contributed by atoms with Gasteiger partial charge in [-0.1, -0.05) is 23.7 Å². The summed E-state index contributed by atoms with van der Waals surface area (Å²) in [5.41, 5.74) is 2.16. The standard InChI is InChI=1S/C18H16ClN3O2/c19-13-6-7-15-16(11-13)21-17(22-18(15)23)12-4-3-5-14(10-12)24-9-2-1-8-20/h3-7,10-11,17,21H,1-2,9H2,(H,22,23). The number of nitriles is 1. The molecule has 0 aliphatic carbocycles. The van der Waals surface area contributed by atoms with Crippen LogP contribution in [0.1, 0.15) is 34.9 Å². The van der Waals surface area contributed by atoms with Crippen molar-refractivity contribution in [3.8, 4) is 11.8 Å². The number of nitrogens with zero attached hydrogens (tertiary/aromatic N) is 1. The highest BCUT2D eigenvalue weighted by Gasteiger charge is 2.24. The zero-order chi connectivity index (χ0) is 16.9. The van der Waals surface area contributed by atoms with E-state index in [9.17, 15) is 4.79 Å². The van der Waals surface area contributed by atoms with Crippen LogP contribution in [0.15, 0.2) is 42.5 Å². The number of benzene rings is 2. The second-order valence-electron chi connectivity index (χ2n) is 5.42. The number of nitrogens with one attached hydrogen (secondary N) is 2. The molecule has 24 heavy (non-hydrogen) atoms. The lowest BCUT2D eigenvalue weighted by Gasteiger charge is -2.28. The van der Waals surface area contributed by atoms with Crippen molar-refractivity contribution in [2.45, 2.75) is 19.0 Å². The van der Waals surface area contributed by atoms with E-state index in [0.717, 1.165) is 5.56 Å². The van der Waals surface area contributed by atoms with Gasteiger partial charge >= 0.3 is 0 Å². The van der Waals surface area contributed by atoms with Crippen LogP contribution >= 0.6 is 11.6 Å². The van der Waals surface area contributed by atoms with Crippen molar-refractivity contribution >= 4 is 23.2 Å². The minimum Gasteiger partial charge on any atom is -0.494 e. The number of carbonyl (C=O) groups excluding carboxylic acids is 1. The highest BCUT2D eigenvalue weighted by atomic mass is 35.5. The van der Waals surface area contributed by atoms with Crippen molar-refractivity contribution in [3.05, 3.63) is 58.6 Å². The van der Waals surface area contributed by atoms with E-state index >= 15 is 0 Å². The minimum atomic E-state index is -0.355. The first-order valence-electron chi connectivity index (χ1n) is 7.64. The van der Waals surface area contributed by atoms with Crippen molar-refractivity contribution < 1.29 is 9.53 Å². The minimum absolute atomic E-state index is 0.147. The van der Waals surface area contributed by atoms with Crippen molar-refractivity contribution in [1.82, 2.24) is 5.32 Å². The summed E-state index contributed by atoms with van der Waals surface area (Å²) < 4.78 is 5.64. The lowest BCUT2D eigenvalue weighted by atomic mass is 10.1. The summed E-state index contributed by atoms with van der Waals surface area (Å²) in [5.74, 6) is 0.559. The quantitative estimate of drug-likeness (QED) is 0.809. The number of ether oxygens (including phenoxy) is 1. The normalized spacial score (nSPS) is 15.7. The smallest absolute Gasteiger partial charge is 0.255 e. The van der Waals surface area contributed by atoms with Gasteiger partial charge in [0.25, 0.3) is 5.91 Å². The summed E-state index contributed by atoms with van der Waals surface area (Å²) >= 11 is 6.01. The Morgan fingerprint density at radius 1 is 1.21 bits per heavy atom. The second-order valence-corrected chi connectivity index (χ2v) is 5.86. The molecule has 3 rings (SSSR count). The number of anilines is 1. The van der Waals surface area contributed by atoms with Gasteiger partial charge in [0, 0.05) is 11.4 Å². The van der Waals surface area contributed by atoms with Crippen LogP contribution in [0.4, 0.5) is 5.69 Å². The third kappa shape index (κ3) is 3.61. The molecule has 0 fully saturated rings. The zero-order valence-electron chi connectivity index (χ0n) is 12.9. The van der Waals surface area contributed by atoms with E-state index in [2.05, 4.69) is 16.7 Å². The van der Waals surface area contributed by atoms with E-state index in [4.69, 9.17) is 21.6 Å². The predicted octanol–water partition coefficient (Wildman–Crippen LogP) is 3.88. The maximum absolute atomic E-state index is 12.3. The number of unbranched alkanes of at least 4 members (excludes halogenated alkanes) is 1. The van der Waals surface area contributed by atoms with Crippen LogP contribution in [0.2, 0.25) is 5.02 Å². The third-order valence-electron chi connectivity index (χ3n) is 3.69. The van der Waals surface area contributed by atoms with Crippen LogP contribution in [0.3, 0.4) is 0 Å². The van der Waals surface area contributed by atoms with Crippen LogP contribution in [0.5, 0.6) is 5.75 Å². The highest BCUT2D eigenvalue weighted by Crippen LogP contribution is 2.30. The van der Waals surface area contributed by atoms with Crippen molar-refractivity contribution in [2.24, 2.45) is 0 Å². The molecule has 122 valence electrons. The van der Waals surface area contributed by atoms with Crippen molar-refractivity contribution in [2.75, 3.05) is 11.9 Å². The van der Waals surface area contributed by atoms with Gasteiger partial charge < -0.3 is 15.4 Å². The summed E-state index contributed by atoms with van der Waals surface area (Å²) in [7, 11) is 0. The summed E-state index contributed by atoms with van der Waals surface area (Å²) in [6.45, 7) is 0.486. The fraction of sp³-hybridized carbons (Fsp3) is 0.222. The average molecular weight is 342 g/mol. The number of hydrogen-bond acceptors (Lipinski definition) is 4. The van der Waals surface area contributed by atoms with E-state index in [1.165, 1.54) is 0 Å². The molecule has 0 spiro atoms. The van der Waals surface area contributed by atoms with Gasteiger partial charge in [-0.3, -0.25) is 4.79 Å². The molecule has 2 N–H and O–H groups in total. The van der Waals surface area contributed by atoms with E-state index in [1.807, 2.05) is 24.3 Å². The molecule has 6 heteroatoms. The first-order valence-corrected chi connectivity index (χ1v) is 8.02. The van der Waals surface area contributed by atoms with E-state index in [-0.39, 0.29) is 12.1 Å². The summed E-state index contributed by atoms with van der Waals surface area (Å²) in [4.78, 5) is 12.3. The summed E-state index contributed by atoms with van der Waals surface area (Å²) in [6.07, 6.45) is 0.800. The number of hydrogen-bond donors (Lipinski definition) is 2. The van der Waals surface area contributed by atoms with Gasteiger partial charge in [-0.25, -0.2) is 0 Å². The largest absolute Gasteiger partial charge is 0.494 e. The molecule has 1 heterocycles. The Bertz CT molecular complexity index is 801. The molecule has 0 bridgehead atoms. The van der Waals surface area contributed by atoms with Crippen LogP contribution < -0.4 is 15.4 Å². The molecule has 5 nitrogen and oxygen atoms in total. The third-order valence-corrected chi connectivity index (χ3v) is 3.93. The van der Waals surface area contributed by atoms with Crippen molar-refractivity contribution in [3.63, 3.8) is 0 Å². The highest BCUT2D eigenvalue weighted by molar-refractivity contribution is 6.31. The fourth-order valence-corrected chi connectivity index (χ4v) is 2.70. The molecule has 1 unspecified atom stereocenters. The van der Waals surface area contributed by atoms with Crippen LogP contribution in [0.25, 0.3) is 0 Å². The molecule has 0 saturated carbocycles. The van der Waals surface area contributed by atoms with Gasteiger partial charge in [-0.05, 0) is 42.3 Å². The molecule has 0 aromatic heterocycles. The summed E-state index contributed by atoms with van der Waals surface area (Å²) in [6, 6.07) is 14.7. The molecule has 2 aromatic rings. The van der Waals surface area contributed by atoms with E-state index in [1.54, 1.807) is 18.2 Å². The lowest BCUT2D eigenvalue weighted by molar-refractivity contribution is 0.0935. The van der Waals surface area contributed by atoms with Crippen molar-refractivity contribution in [1.29, 1.82) is 5.26 Å². The maximum Gasteiger partial charge on any atom is 0.255 e. The Balaban J connectivity index is 1.75. The van der Waals surface area contributed by atoms with Gasteiger partial charge in [0.15, 0.2) is 0 Å². The number of fused-ring (bicyclic) bond motifs is 1. The Kier molecular flexibility index (Phi) is 4.88. The fourth-order valence-electron chi connectivity index (χ4n) is 2.53. The SMILES string of the molecule is N#CCCCOc1cccc(C2NC(=O)c3ccc(Cl)cc3N2)c1. The van der Waals surface area contributed by atoms with Gasteiger partial charge in [-0.2, -0.15) is 5.26 Å². The molecular formula is C18H16ClN3O2. The molecule has 0 saturated heterocycles. The van der Waals surface area contributed by atoms with Gasteiger partial charge in [0.1, 0.15) is 11.9 Å². The second kappa shape index (κ2) is 7.24. The molecular weight excluding hydrogens is 326 g/mol. The molecule has 1 aliphatic rings. The zero-order valence-corrected chi connectivity index (χ0v) is 13.6. The number of halogens is 1. The first kappa shape index (κ1) is 16.2. The Morgan fingerprint density at radius 2 is 2.08 bits per heavy atom. The van der Waals surface area contributed by atoms with E-state index in [0.29, 0.717) is 41.5 Å². The predicted molar refractivity (Wildman–Crippen MR) is 92.1 cm³/mol. The number of carbonyl (C=O) groups is 1. The molecule has 1 aliphatic heterocycles. The van der Waals surface area contributed by atoms with Crippen LogP contribution in [0, 0.1) is 11.3 Å². The average Bonchev–Trinajstić information content (AvgIpc) is 2.58. The van der Waals surface area contributed by atoms with E-state index < -0.39 is 0 Å². The molecule has 1 amide bonds. The molecule has 2 aromatic carbocycles. The van der Waals surface area contributed by atoms with Crippen LogP contribution in [-0.4, -0.2) is 12.5 Å². The Hall–Kier alpha value is -2.71. The number of rotatable bonds is 5. The Morgan fingerprint density at radius 3 is 2.92 bits per heavy atom. The van der Waals surface area contributed by atoms with Crippen LogP contribution in [-0.2, 0) is 0 Å². The van der Waals surface area contributed by atoms with Gasteiger partial charge in [-0.15, -0.1) is 0 Å². The van der Waals surface area contributed by atoms with Gasteiger partial charge in [0.2, 0.25) is 0 Å². The molecule has 1 atom stereocenters. The lowest BCUT2D eigenvalue weighted by Crippen LogP contribution is -2.38. The number of amides is 1. The topological polar surface area (TPSA) is 74.1 Å². The first-order chi connectivity index (χ1) is 11.7. The molecule has 0 radical (unpaired) electrons. The Labute approximate surface area is 145 Å².